The van der Waals surface area contributed by atoms with Crippen LogP contribution in [0.1, 0.15) is 15.9 Å². The predicted molar refractivity (Wildman–Crippen MR) is 71.6 cm³/mol. The second kappa shape index (κ2) is 4.93. The van der Waals surface area contributed by atoms with Gasteiger partial charge in [0.15, 0.2) is 0 Å². The molecule has 0 saturated heterocycles. The highest BCUT2D eigenvalue weighted by atomic mass is 19.1. The van der Waals surface area contributed by atoms with Crippen LogP contribution in [-0.4, -0.2) is 10.9 Å². The third-order valence-corrected chi connectivity index (χ3v) is 2.67. The number of benzene rings is 1. The number of amides is 1. The van der Waals surface area contributed by atoms with Crippen molar-refractivity contribution in [2.24, 2.45) is 5.73 Å². The number of hydrogen-bond acceptors (Lipinski definition) is 4. The fourth-order valence-electron chi connectivity index (χ4n) is 1.70. The van der Waals surface area contributed by atoms with E-state index in [1.165, 1.54) is 18.3 Å². The topological polar surface area (TPSA) is 94.0 Å². The van der Waals surface area contributed by atoms with Crippen molar-refractivity contribution in [2.75, 3.05) is 11.1 Å². The van der Waals surface area contributed by atoms with E-state index in [1.807, 2.05) is 0 Å². The highest BCUT2D eigenvalue weighted by Gasteiger charge is 2.12. The van der Waals surface area contributed by atoms with Gasteiger partial charge < -0.3 is 16.8 Å². The molecule has 1 aromatic heterocycles. The SMILES string of the molecule is Cc1cccc(F)c1Nc1cnc(N)cc1C(N)=O. The molecule has 2 aromatic rings. The van der Waals surface area contributed by atoms with E-state index in [4.69, 9.17) is 11.5 Å². The first-order chi connectivity index (χ1) is 8.99. The lowest BCUT2D eigenvalue weighted by Gasteiger charge is -2.13. The van der Waals surface area contributed by atoms with Crippen molar-refractivity contribution < 1.29 is 9.18 Å². The molecule has 19 heavy (non-hydrogen) atoms. The van der Waals surface area contributed by atoms with Crippen molar-refractivity contribution in [1.29, 1.82) is 0 Å². The first-order valence-electron chi connectivity index (χ1n) is 5.56. The minimum atomic E-state index is -0.661. The molecule has 5 N–H and O–H groups in total. The maximum Gasteiger partial charge on any atom is 0.251 e. The number of nitrogens with zero attached hydrogens (tertiary/aromatic N) is 1. The van der Waals surface area contributed by atoms with Crippen LogP contribution in [0.2, 0.25) is 0 Å². The van der Waals surface area contributed by atoms with Crippen molar-refractivity contribution in [1.82, 2.24) is 4.98 Å². The molecule has 0 unspecified atom stereocenters. The predicted octanol–water partition coefficient (Wildman–Crippen LogP) is 1.95. The van der Waals surface area contributed by atoms with Crippen LogP contribution in [-0.2, 0) is 0 Å². The molecule has 0 bridgehead atoms. The summed E-state index contributed by atoms with van der Waals surface area (Å²) in [4.78, 5) is 15.2. The minimum absolute atomic E-state index is 0.162. The molecule has 6 heteroatoms. The third kappa shape index (κ3) is 2.62. The van der Waals surface area contributed by atoms with E-state index in [-0.39, 0.29) is 17.1 Å². The second-order valence-electron chi connectivity index (χ2n) is 4.08. The van der Waals surface area contributed by atoms with Crippen LogP contribution in [0.5, 0.6) is 0 Å². The van der Waals surface area contributed by atoms with Gasteiger partial charge in [-0.05, 0) is 24.6 Å². The van der Waals surface area contributed by atoms with Gasteiger partial charge in [-0.3, -0.25) is 4.79 Å². The van der Waals surface area contributed by atoms with E-state index in [2.05, 4.69) is 10.3 Å². The Labute approximate surface area is 109 Å². The highest BCUT2D eigenvalue weighted by Crippen LogP contribution is 2.26. The van der Waals surface area contributed by atoms with Gasteiger partial charge in [0.1, 0.15) is 11.6 Å². The number of aryl methyl sites for hydroxylation is 1. The molecular weight excluding hydrogens is 247 g/mol. The number of carbonyl (C=O) groups is 1. The zero-order valence-corrected chi connectivity index (χ0v) is 10.3. The monoisotopic (exact) mass is 260 g/mol. The number of aromatic nitrogens is 1. The second-order valence-corrected chi connectivity index (χ2v) is 4.08. The van der Waals surface area contributed by atoms with E-state index >= 15 is 0 Å². The summed E-state index contributed by atoms with van der Waals surface area (Å²) in [5.41, 5.74) is 12.2. The Morgan fingerprint density at radius 2 is 2.16 bits per heavy atom. The van der Waals surface area contributed by atoms with E-state index in [1.54, 1.807) is 19.1 Å². The standard InChI is InChI=1S/C13H13FN4O/c1-7-3-2-4-9(14)12(7)18-10-6-17-11(15)5-8(10)13(16)19/h2-6,18H,1H3,(H2,15,17)(H2,16,19). The summed E-state index contributed by atoms with van der Waals surface area (Å²) in [5.74, 6) is -0.914. The normalized spacial score (nSPS) is 10.2. The van der Waals surface area contributed by atoms with E-state index < -0.39 is 11.7 Å². The van der Waals surface area contributed by atoms with Crippen LogP contribution in [0.15, 0.2) is 30.5 Å². The van der Waals surface area contributed by atoms with E-state index in [0.717, 1.165) is 0 Å². The van der Waals surface area contributed by atoms with Gasteiger partial charge in [0.2, 0.25) is 0 Å². The van der Waals surface area contributed by atoms with Crippen LogP contribution in [0.25, 0.3) is 0 Å². The molecule has 1 aromatic carbocycles. The Bertz CT molecular complexity index is 622. The lowest BCUT2D eigenvalue weighted by atomic mass is 10.1. The number of hydrogen-bond donors (Lipinski definition) is 3. The number of pyridine rings is 1. The lowest BCUT2D eigenvalue weighted by molar-refractivity contribution is 0.100. The van der Waals surface area contributed by atoms with Crippen molar-refractivity contribution in [3.8, 4) is 0 Å². The summed E-state index contributed by atoms with van der Waals surface area (Å²) in [6.45, 7) is 1.75. The van der Waals surface area contributed by atoms with Crippen LogP contribution in [0.4, 0.5) is 21.6 Å². The van der Waals surface area contributed by atoms with Crippen LogP contribution < -0.4 is 16.8 Å². The number of primary amides is 1. The van der Waals surface area contributed by atoms with Crippen LogP contribution in [0, 0.1) is 12.7 Å². The Hall–Kier alpha value is -2.63. The summed E-state index contributed by atoms with van der Waals surface area (Å²) in [5, 5.41) is 2.82. The number of para-hydroxylation sites is 1. The molecule has 0 spiro atoms. The van der Waals surface area contributed by atoms with Gasteiger partial charge in [-0.25, -0.2) is 9.37 Å². The number of carbonyl (C=O) groups excluding carboxylic acids is 1. The van der Waals surface area contributed by atoms with Gasteiger partial charge in [0, 0.05) is 0 Å². The van der Waals surface area contributed by atoms with Gasteiger partial charge in [-0.2, -0.15) is 0 Å². The number of nitrogens with two attached hydrogens (primary N) is 2. The molecule has 5 nitrogen and oxygen atoms in total. The van der Waals surface area contributed by atoms with Gasteiger partial charge in [0.05, 0.1) is 23.1 Å². The molecule has 1 heterocycles. The fourth-order valence-corrected chi connectivity index (χ4v) is 1.70. The third-order valence-electron chi connectivity index (χ3n) is 2.67. The van der Waals surface area contributed by atoms with Crippen molar-refractivity contribution in [3.63, 3.8) is 0 Å². The minimum Gasteiger partial charge on any atom is -0.384 e. The molecular formula is C13H13FN4O. The summed E-state index contributed by atoms with van der Waals surface area (Å²) >= 11 is 0. The number of nitrogen functional groups attached to an aromatic ring is 1. The van der Waals surface area contributed by atoms with Gasteiger partial charge in [-0.15, -0.1) is 0 Å². The Morgan fingerprint density at radius 1 is 1.42 bits per heavy atom. The van der Waals surface area contributed by atoms with E-state index in [9.17, 15) is 9.18 Å². The number of anilines is 3. The molecule has 0 atom stereocenters. The zero-order chi connectivity index (χ0) is 14.0. The quantitative estimate of drug-likeness (QED) is 0.786. The molecule has 2 rings (SSSR count). The summed E-state index contributed by atoms with van der Waals surface area (Å²) in [7, 11) is 0. The van der Waals surface area contributed by atoms with Crippen LogP contribution >= 0.6 is 0 Å². The highest BCUT2D eigenvalue weighted by molar-refractivity contribution is 5.99. The van der Waals surface area contributed by atoms with Crippen molar-refractivity contribution >= 4 is 23.1 Å². The zero-order valence-electron chi connectivity index (χ0n) is 10.3. The van der Waals surface area contributed by atoms with Crippen LogP contribution in [0.3, 0.4) is 0 Å². The first kappa shape index (κ1) is 12.8. The number of rotatable bonds is 3. The molecule has 0 aliphatic carbocycles. The smallest absolute Gasteiger partial charge is 0.251 e. The molecule has 0 fully saturated rings. The van der Waals surface area contributed by atoms with Gasteiger partial charge in [0.25, 0.3) is 5.91 Å². The van der Waals surface area contributed by atoms with E-state index in [0.29, 0.717) is 11.3 Å². The molecule has 1 amide bonds. The maximum atomic E-state index is 13.7. The molecule has 98 valence electrons. The molecule has 0 radical (unpaired) electrons. The lowest BCUT2D eigenvalue weighted by Crippen LogP contribution is -2.14. The van der Waals surface area contributed by atoms with Gasteiger partial charge >= 0.3 is 0 Å². The number of nitrogens with one attached hydrogen (secondary N) is 1. The molecule has 0 saturated carbocycles. The van der Waals surface area contributed by atoms with Crippen molar-refractivity contribution in [2.45, 2.75) is 6.92 Å². The maximum absolute atomic E-state index is 13.7. The Kier molecular flexibility index (Phi) is 3.33. The molecule has 0 aliphatic heterocycles. The average molecular weight is 260 g/mol. The molecule has 0 aliphatic rings. The van der Waals surface area contributed by atoms with Crippen molar-refractivity contribution in [3.05, 3.63) is 47.4 Å². The Balaban J connectivity index is 2.47. The Morgan fingerprint density at radius 3 is 2.79 bits per heavy atom. The fraction of sp³-hybridized carbons (Fsp3) is 0.0769. The summed E-state index contributed by atoms with van der Waals surface area (Å²) in [6, 6.07) is 6.02. The van der Waals surface area contributed by atoms with Gasteiger partial charge in [-0.1, -0.05) is 12.1 Å². The average Bonchev–Trinajstić information content (AvgIpc) is 2.35. The summed E-state index contributed by atoms with van der Waals surface area (Å²) < 4.78 is 13.7. The largest absolute Gasteiger partial charge is 0.384 e. The first-order valence-corrected chi connectivity index (χ1v) is 5.56. The number of halogens is 1. The summed E-state index contributed by atoms with van der Waals surface area (Å²) in [6.07, 6.45) is 1.35.